The van der Waals surface area contributed by atoms with Crippen LogP contribution in [0.3, 0.4) is 0 Å². The van der Waals surface area contributed by atoms with Crippen LogP contribution in [0.1, 0.15) is 63.2 Å². The van der Waals surface area contributed by atoms with Crippen molar-refractivity contribution < 1.29 is 24.2 Å². The normalized spacial score (nSPS) is 30.3. The Bertz CT molecular complexity index is 736. The molecule has 0 aromatic heterocycles. The van der Waals surface area contributed by atoms with Crippen molar-refractivity contribution in [1.29, 1.82) is 0 Å². The fourth-order valence-corrected chi connectivity index (χ4v) is 3.82. The van der Waals surface area contributed by atoms with E-state index in [4.69, 9.17) is 9.47 Å². The van der Waals surface area contributed by atoms with Crippen molar-refractivity contribution in [3.05, 3.63) is 47.5 Å². The molecular formula is C22H28O5. The molecule has 1 saturated heterocycles. The molecule has 3 unspecified atom stereocenters. The summed E-state index contributed by atoms with van der Waals surface area (Å²) in [5, 5.41) is 9.64. The van der Waals surface area contributed by atoms with Crippen LogP contribution in [0.15, 0.2) is 42.0 Å². The highest BCUT2D eigenvalue weighted by Gasteiger charge is 2.51. The van der Waals surface area contributed by atoms with E-state index in [9.17, 15) is 14.7 Å². The first-order valence-corrected chi connectivity index (χ1v) is 9.59. The zero-order valence-corrected chi connectivity index (χ0v) is 16.2. The molecule has 1 heterocycles. The number of carboxylic acid groups (broad SMARTS) is 1. The van der Waals surface area contributed by atoms with Gasteiger partial charge in [-0.05, 0) is 57.2 Å². The highest BCUT2D eigenvalue weighted by molar-refractivity contribution is 5.90. The van der Waals surface area contributed by atoms with Crippen molar-refractivity contribution in [3.63, 3.8) is 0 Å². The van der Waals surface area contributed by atoms with Gasteiger partial charge in [0.25, 0.3) is 0 Å². The van der Waals surface area contributed by atoms with E-state index in [1.54, 1.807) is 30.3 Å². The minimum absolute atomic E-state index is 0.117. The summed E-state index contributed by atoms with van der Waals surface area (Å²) in [5.74, 6) is -1.39. The summed E-state index contributed by atoms with van der Waals surface area (Å²) < 4.78 is 11.6. The number of ether oxygens (including phenoxy) is 2. The molecule has 0 spiro atoms. The van der Waals surface area contributed by atoms with Gasteiger partial charge in [-0.25, -0.2) is 9.59 Å². The molecule has 5 nitrogen and oxygen atoms in total. The first kappa shape index (κ1) is 19.6. The maximum absolute atomic E-state index is 12.6. The van der Waals surface area contributed by atoms with Gasteiger partial charge in [-0.1, -0.05) is 32.0 Å². The Morgan fingerprint density at radius 2 is 1.85 bits per heavy atom. The van der Waals surface area contributed by atoms with E-state index in [-0.39, 0.29) is 22.7 Å². The lowest BCUT2D eigenvalue weighted by Crippen LogP contribution is -2.33. The van der Waals surface area contributed by atoms with Gasteiger partial charge in [-0.3, -0.25) is 0 Å². The minimum atomic E-state index is -0.965. The number of carbonyl (C=O) groups is 2. The molecule has 1 aliphatic carbocycles. The Morgan fingerprint density at radius 3 is 2.52 bits per heavy atom. The summed E-state index contributed by atoms with van der Waals surface area (Å²) in [7, 11) is 0. The van der Waals surface area contributed by atoms with Gasteiger partial charge in [-0.2, -0.15) is 0 Å². The Balaban J connectivity index is 1.86. The van der Waals surface area contributed by atoms with Crippen LogP contribution in [0.5, 0.6) is 0 Å². The zero-order chi connectivity index (χ0) is 19.7. The molecule has 0 amide bonds. The lowest BCUT2D eigenvalue weighted by molar-refractivity contribution is -0.133. The fourth-order valence-electron chi connectivity index (χ4n) is 3.82. The molecule has 3 atom stereocenters. The average Bonchev–Trinajstić information content (AvgIpc) is 3.26. The number of hydrogen-bond donors (Lipinski definition) is 1. The number of carboxylic acids is 1. The molecule has 1 fully saturated rings. The van der Waals surface area contributed by atoms with Crippen LogP contribution in [0, 0.1) is 5.41 Å². The molecule has 3 rings (SSSR count). The standard InChI is InChI=1S/C22H28O5/c1-21(2)12-7-13-22(3)17(27-22)11-10-16(19(23)24)14-18(21)26-20(25)15-8-5-4-6-9-15/h4-6,8-9,14,17-18H,7,10-13H2,1-3H3,(H,23,24). The summed E-state index contributed by atoms with van der Waals surface area (Å²) in [6.45, 7) is 6.15. The van der Waals surface area contributed by atoms with Gasteiger partial charge in [-0.15, -0.1) is 0 Å². The molecule has 1 aromatic carbocycles. The van der Waals surface area contributed by atoms with Gasteiger partial charge >= 0.3 is 11.9 Å². The Kier molecular flexibility index (Phi) is 5.43. The first-order chi connectivity index (χ1) is 12.7. The third-order valence-electron chi connectivity index (χ3n) is 5.85. The van der Waals surface area contributed by atoms with E-state index < -0.39 is 18.0 Å². The van der Waals surface area contributed by atoms with Crippen molar-refractivity contribution >= 4 is 11.9 Å². The van der Waals surface area contributed by atoms with E-state index in [0.717, 1.165) is 19.3 Å². The Hall–Kier alpha value is -2.14. The lowest BCUT2D eigenvalue weighted by atomic mass is 9.80. The van der Waals surface area contributed by atoms with Gasteiger partial charge < -0.3 is 14.6 Å². The molecule has 1 aromatic rings. The second-order valence-electron chi connectivity index (χ2n) is 8.49. The van der Waals surface area contributed by atoms with Crippen molar-refractivity contribution in [2.24, 2.45) is 5.41 Å². The van der Waals surface area contributed by atoms with Crippen molar-refractivity contribution in [2.45, 2.75) is 70.7 Å². The minimum Gasteiger partial charge on any atom is -0.478 e. The lowest BCUT2D eigenvalue weighted by Gasteiger charge is -2.32. The molecule has 2 aliphatic rings. The smallest absolute Gasteiger partial charge is 0.338 e. The number of fused-ring (bicyclic) bond motifs is 1. The molecule has 0 bridgehead atoms. The van der Waals surface area contributed by atoms with Gasteiger partial charge in [0, 0.05) is 11.0 Å². The molecular weight excluding hydrogens is 344 g/mol. The molecule has 5 heteroatoms. The van der Waals surface area contributed by atoms with Crippen LogP contribution in [-0.4, -0.2) is 34.9 Å². The summed E-state index contributed by atoms with van der Waals surface area (Å²) in [6, 6.07) is 8.81. The van der Waals surface area contributed by atoms with Crippen LogP contribution in [-0.2, 0) is 14.3 Å². The van der Waals surface area contributed by atoms with Crippen LogP contribution in [0.4, 0.5) is 0 Å². The summed E-state index contributed by atoms with van der Waals surface area (Å²) in [6.07, 6.45) is 4.92. The topological polar surface area (TPSA) is 76.1 Å². The first-order valence-electron chi connectivity index (χ1n) is 9.59. The SMILES string of the molecule is CC1(C)CCCC2(C)OC2CCC(C(=O)O)=CC1OC(=O)c1ccccc1. The fraction of sp³-hybridized carbons (Fsp3) is 0.545. The number of hydrogen-bond acceptors (Lipinski definition) is 4. The number of epoxide rings is 1. The highest BCUT2D eigenvalue weighted by Crippen LogP contribution is 2.45. The number of aliphatic carboxylic acids is 1. The molecule has 27 heavy (non-hydrogen) atoms. The highest BCUT2D eigenvalue weighted by atomic mass is 16.6. The summed E-state index contributed by atoms with van der Waals surface area (Å²) in [4.78, 5) is 24.4. The van der Waals surface area contributed by atoms with Gasteiger partial charge in [0.1, 0.15) is 6.10 Å². The number of carbonyl (C=O) groups excluding carboxylic acids is 1. The van der Waals surface area contributed by atoms with Crippen LogP contribution in [0.25, 0.3) is 0 Å². The molecule has 146 valence electrons. The average molecular weight is 372 g/mol. The monoisotopic (exact) mass is 372 g/mol. The molecule has 0 saturated carbocycles. The van der Waals surface area contributed by atoms with E-state index in [2.05, 4.69) is 6.92 Å². The number of rotatable bonds is 3. The summed E-state index contributed by atoms with van der Waals surface area (Å²) in [5.41, 5.74) is 0.236. The summed E-state index contributed by atoms with van der Waals surface area (Å²) >= 11 is 0. The predicted octanol–water partition coefficient (Wildman–Crippen LogP) is 4.37. The van der Waals surface area contributed by atoms with E-state index in [0.29, 0.717) is 18.4 Å². The Labute approximate surface area is 160 Å². The van der Waals surface area contributed by atoms with Crippen LogP contribution >= 0.6 is 0 Å². The van der Waals surface area contributed by atoms with Crippen LogP contribution < -0.4 is 0 Å². The maximum atomic E-state index is 12.6. The van der Waals surface area contributed by atoms with Gasteiger partial charge in [0.05, 0.1) is 17.3 Å². The predicted molar refractivity (Wildman–Crippen MR) is 102 cm³/mol. The maximum Gasteiger partial charge on any atom is 0.338 e. The van der Waals surface area contributed by atoms with E-state index >= 15 is 0 Å². The quantitative estimate of drug-likeness (QED) is 0.630. The van der Waals surface area contributed by atoms with Crippen molar-refractivity contribution in [2.75, 3.05) is 0 Å². The Morgan fingerprint density at radius 1 is 1.15 bits per heavy atom. The third kappa shape index (κ3) is 4.59. The van der Waals surface area contributed by atoms with Crippen LogP contribution in [0.2, 0.25) is 0 Å². The van der Waals surface area contributed by atoms with Gasteiger partial charge in [0.2, 0.25) is 0 Å². The largest absolute Gasteiger partial charge is 0.478 e. The zero-order valence-electron chi connectivity index (χ0n) is 16.2. The van der Waals surface area contributed by atoms with Gasteiger partial charge in [0.15, 0.2) is 0 Å². The number of benzene rings is 1. The molecule has 1 N–H and O–H groups in total. The molecule has 0 radical (unpaired) electrons. The second-order valence-corrected chi connectivity index (χ2v) is 8.49. The third-order valence-corrected chi connectivity index (χ3v) is 5.85. The van der Waals surface area contributed by atoms with E-state index in [1.807, 2.05) is 19.9 Å². The van der Waals surface area contributed by atoms with E-state index in [1.165, 1.54) is 0 Å². The van der Waals surface area contributed by atoms with Crippen molar-refractivity contribution in [1.82, 2.24) is 0 Å². The molecule has 1 aliphatic heterocycles. The second kappa shape index (κ2) is 7.47. The van der Waals surface area contributed by atoms with Crippen molar-refractivity contribution in [3.8, 4) is 0 Å². The number of esters is 1.